The van der Waals surface area contributed by atoms with Gasteiger partial charge in [-0.1, -0.05) is 0 Å². The highest BCUT2D eigenvalue weighted by Crippen LogP contribution is 2.17. The molecule has 1 fully saturated rings. The molecule has 6 nitrogen and oxygen atoms in total. The number of aryl methyl sites for hydroxylation is 2. The highest BCUT2D eigenvalue weighted by Gasteiger charge is 2.18. The monoisotopic (exact) mass is 325 g/mol. The van der Waals surface area contributed by atoms with E-state index in [1.54, 1.807) is 10.7 Å². The van der Waals surface area contributed by atoms with Crippen LogP contribution in [-0.2, 0) is 19.4 Å². The van der Waals surface area contributed by atoms with Crippen LogP contribution in [0.4, 0.5) is 5.69 Å². The molecule has 0 amide bonds. The molecule has 1 aliphatic carbocycles. The summed E-state index contributed by atoms with van der Waals surface area (Å²) in [5, 5.41) is 4.56. The molecular weight excluding hydrogens is 302 g/mol. The minimum Gasteiger partial charge on any atom is -0.369 e. The lowest BCUT2D eigenvalue weighted by Crippen LogP contribution is -2.47. The van der Waals surface area contributed by atoms with Crippen LogP contribution in [0.1, 0.15) is 17.7 Å². The predicted octanol–water partition coefficient (Wildman–Crippen LogP) is 0.949. The summed E-state index contributed by atoms with van der Waals surface area (Å²) in [4.78, 5) is 21.0. The molecule has 2 aromatic rings. The summed E-state index contributed by atoms with van der Waals surface area (Å²) in [6, 6.07) is 5.91. The molecule has 0 atom stereocenters. The Bertz CT molecular complexity index is 750. The maximum atomic E-state index is 12.2. The quantitative estimate of drug-likeness (QED) is 0.838. The van der Waals surface area contributed by atoms with Gasteiger partial charge < -0.3 is 4.90 Å². The summed E-state index contributed by atoms with van der Waals surface area (Å²) in [5.41, 5.74) is 3.56. The maximum Gasteiger partial charge on any atom is 0.267 e. The van der Waals surface area contributed by atoms with Crippen LogP contribution in [-0.4, -0.2) is 52.4 Å². The topological polar surface area (TPSA) is 54.3 Å². The Morgan fingerprint density at radius 3 is 2.58 bits per heavy atom. The molecule has 0 spiro atoms. The second-order valence-corrected chi connectivity index (χ2v) is 6.57. The third-order valence-corrected chi connectivity index (χ3v) is 5.05. The van der Waals surface area contributed by atoms with Crippen molar-refractivity contribution < 1.29 is 0 Å². The number of piperazine rings is 1. The third kappa shape index (κ3) is 3.19. The lowest BCUT2D eigenvalue weighted by atomic mass is 10.2. The van der Waals surface area contributed by atoms with Gasteiger partial charge in [-0.15, -0.1) is 0 Å². The number of fused-ring (bicyclic) bond motifs is 1. The van der Waals surface area contributed by atoms with Crippen LogP contribution >= 0.6 is 0 Å². The molecule has 6 heteroatoms. The molecule has 0 radical (unpaired) electrons. The first-order chi connectivity index (χ1) is 11.8. The van der Waals surface area contributed by atoms with Crippen LogP contribution in [0.25, 0.3) is 0 Å². The Hall–Kier alpha value is -2.21. The number of aromatic nitrogens is 3. The van der Waals surface area contributed by atoms with Gasteiger partial charge in [0.1, 0.15) is 0 Å². The van der Waals surface area contributed by atoms with Crippen LogP contribution in [0.15, 0.2) is 35.4 Å². The SMILES string of the molecule is O=c1cc2c(nn1CCN1CCN(c3ccncc3)CC1)CCC2. The number of pyridine rings is 1. The van der Waals surface area contributed by atoms with E-state index in [0.29, 0.717) is 6.54 Å². The zero-order chi connectivity index (χ0) is 16.4. The van der Waals surface area contributed by atoms with Gasteiger partial charge in [-0.25, -0.2) is 4.68 Å². The molecule has 0 N–H and O–H groups in total. The Balaban J connectivity index is 1.33. The van der Waals surface area contributed by atoms with E-state index in [0.717, 1.165) is 63.2 Å². The van der Waals surface area contributed by atoms with E-state index in [2.05, 4.69) is 32.0 Å². The zero-order valence-electron chi connectivity index (χ0n) is 13.9. The van der Waals surface area contributed by atoms with Crippen molar-refractivity contribution in [3.05, 3.63) is 52.2 Å². The standard InChI is InChI=1S/C18H23N5O/c24-18-14-15-2-1-3-17(15)20-23(18)13-10-21-8-11-22(12-9-21)16-4-6-19-7-5-16/h4-7,14H,1-3,8-13H2. The van der Waals surface area contributed by atoms with Gasteiger partial charge in [0.15, 0.2) is 0 Å². The van der Waals surface area contributed by atoms with E-state index in [4.69, 9.17) is 0 Å². The van der Waals surface area contributed by atoms with Crippen molar-refractivity contribution in [2.45, 2.75) is 25.8 Å². The van der Waals surface area contributed by atoms with Crippen molar-refractivity contribution in [3.63, 3.8) is 0 Å². The van der Waals surface area contributed by atoms with Gasteiger partial charge in [-0.2, -0.15) is 5.10 Å². The second kappa shape index (κ2) is 6.73. The summed E-state index contributed by atoms with van der Waals surface area (Å²) in [6.45, 7) is 5.62. The van der Waals surface area contributed by atoms with Gasteiger partial charge in [0.25, 0.3) is 5.56 Å². The first-order valence-corrected chi connectivity index (χ1v) is 8.77. The molecule has 4 rings (SSSR count). The summed E-state index contributed by atoms with van der Waals surface area (Å²) >= 11 is 0. The summed E-state index contributed by atoms with van der Waals surface area (Å²) in [7, 11) is 0. The number of hydrogen-bond acceptors (Lipinski definition) is 5. The fourth-order valence-electron chi connectivity index (χ4n) is 3.62. The number of anilines is 1. The van der Waals surface area contributed by atoms with Gasteiger partial charge in [-0.05, 0) is 37.0 Å². The molecule has 2 aromatic heterocycles. The average molecular weight is 325 g/mol. The van der Waals surface area contributed by atoms with Crippen molar-refractivity contribution in [2.24, 2.45) is 0 Å². The van der Waals surface area contributed by atoms with Gasteiger partial charge in [0.05, 0.1) is 12.2 Å². The van der Waals surface area contributed by atoms with E-state index in [1.165, 1.54) is 5.69 Å². The van der Waals surface area contributed by atoms with Gasteiger partial charge in [0, 0.05) is 56.9 Å². The molecular formula is C18H23N5O. The van der Waals surface area contributed by atoms with Gasteiger partial charge in [0.2, 0.25) is 0 Å². The van der Waals surface area contributed by atoms with Crippen molar-refractivity contribution in [1.82, 2.24) is 19.7 Å². The molecule has 0 bridgehead atoms. The second-order valence-electron chi connectivity index (χ2n) is 6.57. The molecule has 0 aromatic carbocycles. The molecule has 126 valence electrons. The first kappa shape index (κ1) is 15.3. The van der Waals surface area contributed by atoms with E-state index in [1.807, 2.05) is 12.4 Å². The highest BCUT2D eigenvalue weighted by atomic mass is 16.1. The zero-order valence-corrected chi connectivity index (χ0v) is 13.9. The molecule has 1 aliphatic heterocycles. The van der Waals surface area contributed by atoms with Crippen LogP contribution < -0.4 is 10.5 Å². The van der Waals surface area contributed by atoms with Crippen LogP contribution in [0.2, 0.25) is 0 Å². The van der Waals surface area contributed by atoms with E-state index < -0.39 is 0 Å². The minimum absolute atomic E-state index is 0.0473. The van der Waals surface area contributed by atoms with Gasteiger partial charge in [-0.3, -0.25) is 14.7 Å². The Morgan fingerprint density at radius 1 is 1.00 bits per heavy atom. The molecule has 24 heavy (non-hydrogen) atoms. The number of nitrogens with zero attached hydrogens (tertiary/aromatic N) is 5. The average Bonchev–Trinajstić information content (AvgIpc) is 3.08. The third-order valence-electron chi connectivity index (χ3n) is 5.05. The normalized spacial score (nSPS) is 17.9. The van der Waals surface area contributed by atoms with Crippen LogP contribution in [0.5, 0.6) is 0 Å². The van der Waals surface area contributed by atoms with E-state index in [-0.39, 0.29) is 5.56 Å². The minimum atomic E-state index is 0.0473. The molecule has 1 saturated heterocycles. The van der Waals surface area contributed by atoms with Crippen molar-refractivity contribution in [2.75, 3.05) is 37.6 Å². The molecule has 0 saturated carbocycles. The predicted molar refractivity (Wildman–Crippen MR) is 93.4 cm³/mol. The lowest BCUT2D eigenvalue weighted by Gasteiger charge is -2.36. The van der Waals surface area contributed by atoms with Crippen molar-refractivity contribution in [1.29, 1.82) is 0 Å². The summed E-state index contributed by atoms with van der Waals surface area (Å²) < 4.78 is 1.65. The van der Waals surface area contributed by atoms with Gasteiger partial charge >= 0.3 is 0 Å². The molecule has 3 heterocycles. The van der Waals surface area contributed by atoms with Crippen LogP contribution in [0.3, 0.4) is 0 Å². The fraction of sp³-hybridized carbons (Fsp3) is 0.500. The lowest BCUT2D eigenvalue weighted by molar-refractivity contribution is 0.242. The Morgan fingerprint density at radius 2 is 1.79 bits per heavy atom. The largest absolute Gasteiger partial charge is 0.369 e. The summed E-state index contributed by atoms with van der Waals surface area (Å²) in [6.07, 6.45) is 6.83. The summed E-state index contributed by atoms with van der Waals surface area (Å²) in [5.74, 6) is 0. The van der Waals surface area contributed by atoms with Crippen molar-refractivity contribution in [3.8, 4) is 0 Å². The fourth-order valence-corrected chi connectivity index (χ4v) is 3.62. The van der Waals surface area contributed by atoms with Crippen LogP contribution in [0, 0.1) is 0 Å². The maximum absolute atomic E-state index is 12.2. The van der Waals surface area contributed by atoms with E-state index >= 15 is 0 Å². The first-order valence-electron chi connectivity index (χ1n) is 8.77. The molecule has 0 unspecified atom stereocenters. The Labute approximate surface area is 141 Å². The number of hydrogen-bond donors (Lipinski definition) is 0. The highest BCUT2D eigenvalue weighted by molar-refractivity contribution is 5.44. The van der Waals surface area contributed by atoms with E-state index in [9.17, 15) is 4.79 Å². The molecule has 2 aliphatic rings. The smallest absolute Gasteiger partial charge is 0.267 e. The Kier molecular flexibility index (Phi) is 4.30. The number of rotatable bonds is 4. The van der Waals surface area contributed by atoms with Crippen molar-refractivity contribution >= 4 is 5.69 Å².